The Morgan fingerprint density at radius 1 is 1.00 bits per heavy atom. The van der Waals surface area contributed by atoms with Crippen molar-refractivity contribution in [3.05, 3.63) is 82.9 Å². The molecule has 2 heterocycles. The third kappa shape index (κ3) is 4.07. The predicted octanol–water partition coefficient (Wildman–Crippen LogP) is 3.58. The molecule has 0 fully saturated rings. The van der Waals surface area contributed by atoms with E-state index in [-0.39, 0.29) is 10.8 Å². The summed E-state index contributed by atoms with van der Waals surface area (Å²) in [5.41, 5.74) is 2.65. The number of halogens is 1. The second kappa shape index (κ2) is 7.92. The number of para-hydroxylation sites is 1. The van der Waals surface area contributed by atoms with Crippen molar-refractivity contribution >= 4 is 27.6 Å². The number of hydrogen-bond donors (Lipinski definition) is 1. The summed E-state index contributed by atoms with van der Waals surface area (Å²) in [6.07, 6.45) is 1.47. The molecule has 0 saturated carbocycles. The van der Waals surface area contributed by atoms with E-state index >= 15 is 0 Å². The van der Waals surface area contributed by atoms with Crippen molar-refractivity contribution in [2.75, 3.05) is 4.72 Å². The number of anilines is 1. The lowest BCUT2D eigenvalue weighted by molar-refractivity contribution is 0.599. The summed E-state index contributed by atoms with van der Waals surface area (Å²) < 4.78 is 31.7. The quantitative estimate of drug-likeness (QED) is 0.492. The molecule has 2 aromatic carbocycles. The monoisotopic (exact) mass is 442 g/mol. The van der Waals surface area contributed by atoms with Crippen LogP contribution in [0.1, 0.15) is 17.0 Å². The van der Waals surface area contributed by atoms with Crippen LogP contribution in [0.2, 0.25) is 5.02 Å². The van der Waals surface area contributed by atoms with Gasteiger partial charge in [-0.25, -0.2) is 22.5 Å². The molecule has 0 bridgehead atoms. The van der Waals surface area contributed by atoms with Gasteiger partial charge >= 0.3 is 0 Å². The number of hydrogen-bond acceptors (Lipinski definition) is 5. The summed E-state index contributed by atoms with van der Waals surface area (Å²) in [5.74, 6) is -0.00442. The number of aryl methyl sites for hydroxylation is 1. The van der Waals surface area contributed by atoms with Crippen molar-refractivity contribution in [2.24, 2.45) is 0 Å². The average Bonchev–Trinajstić information content (AvgIpc) is 3.27. The number of aromatic nitrogens is 5. The smallest absolute Gasteiger partial charge is 0.246 e. The molecule has 0 amide bonds. The van der Waals surface area contributed by atoms with Gasteiger partial charge in [-0.05, 0) is 43.7 Å². The molecule has 0 saturated heterocycles. The lowest BCUT2D eigenvalue weighted by atomic mass is 10.2. The Bertz CT molecular complexity index is 1280. The van der Waals surface area contributed by atoms with Crippen LogP contribution in [0.15, 0.2) is 65.8 Å². The zero-order chi connectivity index (χ0) is 21.3. The molecular weight excluding hydrogens is 424 g/mol. The third-order valence-electron chi connectivity index (χ3n) is 4.51. The molecule has 1 N–H and O–H groups in total. The summed E-state index contributed by atoms with van der Waals surface area (Å²) >= 11 is 5.90. The molecule has 4 aromatic rings. The maximum atomic E-state index is 13.0. The number of nitrogens with one attached hydrogen (secondary N) is 1. The van der Waals surface area contributed by atoms with Crippen LogP contribution < -0.4 is 4.72 Å². The number of rotatable bonds is 6. The predicted molar refractivity (Wildman–Crippen MR) is 114 cm³/mol. The van der Waals surface area contributed by atoms with Crippen molar-refractivity contribution in [1.29, 1.82) is 0 Å². The lowest BCUT2D eigenvalue weighted by Crippen LogP contribution is -2.16. The Hall–Kier alpha value is -3.17. The van der Waals surface area contributed by atoms with Crippen LogP contribution >= 0.6 is 11.6 Å². The van der Waals surface area contributed by atoms with Crippen LogP contribution in [-0.4, -0.2) is 33.0 Å². The SMILES string of the molecule is Cc1nn(-c2ccccc2)c(C)c1S(=O)(=O)Nc1ncn(Cc2ccc(Cl)cc2)n1. The van der Waals surface area contributed by atoms with Crippen LogP contribution in [0.25, 0.3) is 5.69 Å². The average molecular weight is 443 g/mol. The van der Waals surface area contributed by atoms with Gasteiger partial charge in [-0.3, -0.25) is 0 Å². The molecule has 10 heteroatoms. The Morgan fingerprint density at radius 2 is 1.70 bits per heavy atom. The van der Waals surface area contributed by atoms with Crippen molar-refractivity contribution in [1.82, 2.24) is 24.5 Å². The molecule has 0 radical (unpaired) electrons. The number of sulfonamides is 1. The highest BCUT2D eigenvalue weighted by Crippen LogP contribution is 2.24. The topological polar surface area (TPSA) is 94.7 Å². The zero-order valence-electron chi connectivity index (χ0n) is 16.3. The van der Waals surface area contributed by atoms with E-state index in [1.54, 1.807) is 35.3 Å². The molecule has 0 aliphatic heterocycles. The maximum absolute atomic E-state index is 13.0. The Kier molecular flexibility index (Phi) is 5.31. The summed E-state index contributed by atoms with van der Waals surface area (Å²) in [6, 6.07) is 16.7. The van der Waals surface area contributed by atoms with Gasteiger partial charge in [-0.15, -0.1) is 5.10 Å². The van der Waals surface area contributed by atoms with Gasteiger partial charge in [0.25, 0.3) is 16.0 Å². The summed E-state index contributed by atoms with van der Waals surface area (Å²) in [7, 11) is -3.92. The molecule has 0 aliphatic carbocycles. The minimum atomic E-state index is -3.92. The van der Waals surface area contributed by atoms with Gasteiger partial charge in [0.15, 0.2) is 0 Å². The van der Waals surface area contributed by atoms with Gasteiger partial charge in [0.1, 0.15) is 11.2 Å². The van der Waals surface area contributed by atoms with Gasteiger partial charge in [-0.1, -0.05) is 41.9 Å². The van der Waals surface area contributed by atoms with Crippen LogP contribution in [0.4, 0.5) is 5.95 Å². The number of benzene rings is 2. The first-order valence-electron chi connectivity index (χ1n) is 9.12. The van der Waals surface area contributed by atoms with Gasteiger partial charge in [0.2, 0.25) is 0 Å². The van der Waals surface area contributed by atoms with E-state index in [4.69, 9.17) is 11.6 Å². The molecule has 30 heavy (non-hydrogen) atoms. The second-order valence-corrected chi connectivity index (χ2v) is 8.80. The minimum Gasteiger partial charge on any atom is -0.246 e. The summed E-state index contributed by atoms with van der Waals surface area (Å²) in [4.78, 5) is 4.18. The summed E-state index contributed by atoms with van der Waals surface area (Å²) in [6.45, 7) is 3.82. The van der Waals surface area contributed by atoms with Gasteiger partial charge in [0.05, 0.1) is 23.6 Å². The molecule has 8 nitrogen and oxygen atoms in total. The molecule has 0 atom stereocenters. The van der Waals surface area contributed by atoms with Crippen molar-refractivity contribution in [3.8, 4) is 5.69 Å². The van der Waals surface area contributed by atoms with Crippen molar-refractivity contribution < 1.29 is 8.42 Å². The van der Waals surface area contributed by atoms with E-state index in [2.05, 4.69) is 19.9 Å². The highest BCUT2D eigenvalue weighted by atomic mass is 35.5. The van der Waals surface area contributed by atoms with Gasteiger partial charge < -0.3 is 0 Å². The van der Waals surface area contributed by atoms with E-state index in [1.807, 2.05) is 42.5 Å². The summed E-state index contributed by atoms with van der Waals surface area (Å²) in [5, 5.41) is 9.26. The van der Waals surface area contributed by atoms with Crippen LogP contribution in [0.3, 0.4) is 0 Å². The fourth-order valence-electron chi connectivity index (χ4n) is 3.20. The van der Waals surface area contributed by atoms with Gasteiger partial charge in [0, 0.05) is 5.02 Å². The highest BCUT2D eigenvalue weighted by molar-refractivity contribution is 7.92. The third-order valence-corrected chi connectivity index (χ3v) is 6.35. The molecule has 2 aromatic heterocycles. The van der Waals surface area contributed by atoms with Crippen molar-refractivity contribution in [2.45, 2.75) is 25.3 Å². The number of nitrogens with zero attached hydrogens (tertiary/aromatic N) is 5. The van der Waals surface area contributed by atoms with Crippen LogP contribution in [-0.2, 0) is 16.6 Å². The van der Waals surface area contributed by atoms with E-state index in [0.717, 1.165) is 11.3 Å². The first-order chi connectivity index (χ1) is 14.3. The fourth-order valence-corrected chi connectivity index (χ4v) is 4.67. The highest BCUT2D eigenvalue weighted by Gasteiger charge is 2.26. The van der Waals surface area contributed by atoms with E-state index in [0.29, 0.717) is 23.0 Å². The molecule has 0 spiro atoms. The Balaban J connectivity index is 1.58. The van der Waals surface area contributed by atoms with E-state index in [9.17, 15) is 8.42 Å². The standard InChI is InChI=1S/C20H19ClN6O2S/c1-14-19(15(2)27(23-14)18-6-4-3-5-7-18)30(28,29)25-20-22-13-26(24-20)12-16-8-10-17(21)11-9-16/h3-11,13H,12H2,1-2H3,(H,24,25). The van der Waals surface area contributed by atoms with E-state index < -0.39 is 10.0 Å². The first-order valence-corrected chi connectivity index (χ1v) is 11.0. The molecule has 154 valence electrons. The van der Waals surface area contributed by atoms with Gasteiger partial charge in [-0.2, -0.15) is 10.1 Å². The molecular formula is C20H19ClN6O2S. The molecule has 0 aliphatic rings. The molecule has 0 unspecified atom stereocenters. The Labute approximate surface area is 179 Å². The van der Waals surface area contributed by atoms with Crippen LogP contribution in [0, 0.1) is 13.8 Å². The Morgan fingerprint density at radius 3 is 2.40 bits per heavy atom. The first kappa shape index (κ1) is 20.1. The lowest BCUT2D eigenvalue weighted by Gasteiger charge is -2.07. The minimum absolute atomic E-state index is 0.00442. The van der Waals surface area contributed by atoms with E-state index in [1.165, 1.54) is 6.33 Å². The largest absolute Gasteiger partial charge is 0.267 e. The fraction of sp³-hybridized carbons (Fsp3) is 0.150. The maximum Gasteiger partial charge on any atom is 0.267 e. The van der Waals surface area contributed by atoms with Crippen molar-refractivity contribution in [3.63, 3.8) is 0 Å². The normalized spacial score (nSPS) is 11.6. The second-order valence-electron chi connectivity index (χ2n) is 6.75. The van der Waals surface area contributed by atoms with Crippen LogP contribution in [0.5, 0.6) is 0 Å². The molecule has 4 rings (SSSR count). The zero-order valence-corrected chi connectivity index (χ0v) is 17.9.